The van der Waals surface area contributed by atoms with Gasteiger partial charge in [0.25, 0.3) is 5.69 Å². The maximum atomic E-state index is 13.1. The van der Waals surface area contributed by atoms with Crippen LogP contribution < -0.4 is 10.6 Å². The average molecular weight is 354 g/mol. The number of carbonyl (C=O) groups excluding carboxylic acids is 1. The molecule has 0 aliphatic heterocycles. The van der Waals surface area contributed by atoms with Crippen molar-refractivity contribution in [1.82, 2.24) is 0 Å². The first-order valence-corrected chi connectivity index (χ1v) is 6.52. The predicted octanol–water partition coefficient (Wildman–Crippen LogP) is 4.14. The minimum atomic E-state index is -0.589. The predicted molar refractivity (Wildman–Crippen MR) is 79.8 cm³/mol. The Balaban J connectivity index is 2.06. The zero-order chi connectivity index (χ0) is 15.4. The molecule has 108 valence electrons. The van der Waals surface area contributed by atoms with Crippen molar-refractivity contribution in [3.8, 4) is 0 Å². The van der Waals surface area contributed by atoms with Crippen molar-refractivity contribution >= 4 is 39.0 Å². The van der Waals surface area contributed by atoms with Gasteiger partial charge in [0.15, 0.2) is 0 Å². The van der Waals surface area contributed by atoms with Crippen molar-refractivity contribution in [1.29, 1.82) is 0 Å². The van der Waals surface area contributed by atoms with Crippen LogP contribution in [0.3, 0.4) is 0 Å². The van der Waals surface area contributed by atoms with Gasteiger partial charge in [-0.3, -0.25) is 10.1 Å². The van der Waals surface area contributed by atoms with Crippen LogP contribution in [0.15, 0.2) is 46.9 Å². The molecule has 2 N–H and O–H groups in total. The molecule has 0 aliphatic rings. The number of nitro benzene ring substituents is 1. The van der Waals surface area contributed by atoms with Gasteiger partial charge in [0.1, 0.15) is 5.82 Å². The van der Waals surface area contributed by atoms with Gasteiger partial charge in [0, 0.05) is 23.5 Å². The Morgan fingerprint density at radius 3 is 2.43 bits per heavy atom. The highest BCUT2D eigenvalue weighted by Gasteiger charge is 2.09. The Kier molecular flexibility index (Phi) is 4.49. The Morgan fingerprint density at radius 1 is 1.14 bits per heavy atom. The molecule has 0 bridgehead atoms. The molecular weight excluding hydrogens is 345 g/mol. The highest BCUT2D eigenvalue weighted by molar-refractivity contribution is 9.10. The van der Waals surface area contributed by atoms with Crippen LogP contribution in [-0.2, 0) is 0 Å². The third-order valence-corrected chi connectivity index (χ3v) is 3.10. The number of urea groups is 1. The molecule has 2 aromatic carbocycles. The lowest BCUT2D eigenvalue weighted by Gasteiger charge is -2.08. The monoisotopic (exact) mass is 353 g/mol. The van der Waals surface area contributed by atoms with Gasteiger partial charge in [-0.05, 0) is 40.2 Å². The van der Waals surface area contributed by atoms with E-state index in [1.165, 1.54) is 42.5 Å². The van der Waals surface area contributed by atoms with Crippen LogP contribution in [-0.4, -0.2) is 11.0 Å². The second-order valence-electron chi connectivity index (χ2n) is 4.02. The Morgan fingerprint density at radius 2 is 1.81 bits per heavy atom. The number of non-ortho nitro benzene ring substituents is 1. The van der Waals surface area contributed by atoms with E-state index >= 15 is 0 Å². The second-order valence-corrected chi connectivity index (χ2v) is 4.87. The van der Waals surface area contributed by atoms with Crippen LogP contribution in [0.5, 0.6) is 0 Å². The highest BCUT2D eigenvalue weighted by atomic mass is 79.9. The molecule has 0 fully saturated rings. The van der Waals surface area contributed by atoms with Gasteiger partial charge in [-0.25, -0.2) is 9.18 Å². The highest BCUT2D eigenvalue weighted by Crippen LogP contribution is 2.21. The number of carbonyl (C=O) groups is 1. The molecule has 0 spiro atoms. The van der Waals surface area contributed by atoms with E-state index in [2.05, 4.69) is 26.6 Å². The minimum Gasteiger partial charge on any atom is -0.308 e. The molecule has 2 amide bonds. The maximum absolute atomic E-state index is 13.1. The van der Waals surface area contributed by atoms with Gasteiger partial charge in [-0.1, -0.05) is 6.07 Å². The molecular formula is C13H9BrFN3O3. The summed E-state index contributed by atoms with van der Waals surface area (Å²) in [6.07, 6.45) is 0. The Labute approximate surface area is 127 Å². The fourth-order valence-electron chi connectivity index (χ4n) is 1.56. The van der Waals surface area contributed by atoms with E-state index in [0.29, 0.717) is 5.69 Å². The van der Waals surface area contributed by atoms with E-state index in [1.54, 1.807) is 0 Å². The van der Waals surface area contributed by atoms with Crippen molar-refractivity contribution in [2.75, 3.05) is 10.6 Å². The van der Waals surface area contributed by atoms with Crippen molar-refractivity contribution in [2.45, 2.75) is 0 Å². The number of anilines is 2. The number of hydrogen-bond acceptors (Lipinski definition) is 3. The first kappa shape index (κ1) is 14.9. The average Bonchev–Trinajstić information content (AvgIpc) is 2.43. The van der Waals surface area contributed by atoms with Crippen LogP contribution >= 0.6 is 15.9 Å². The number of rotatable bonds is 3. The lowest BCUT2D eigenvalue weighted by atomic mass is 10.3. The fourth-order valence-corrected chi connectivity index (χ4v) is 1.94. The smallest absolute Gasteiger partial charge is 0.308 e. The molecule has 2 rings (SSSR count). The molecule has 0 saturated carbocycles. The quantitative estimate of drug-likeness (QED) is 0.642. The fraction of sp³-hybridized carbons (Fsp3) is 0. The minimum absolute atomic E-state index is 0.127. The third-order valence-electron chi connectivity index (χ3n) is 2.49. The summed E-state index contributed by atoms with van der Waals surface area (Å²) in [5, 5.41) is 15.6. The zero-order valence-corrected chi connectivity index (χ0v) is 12.1. The van der Waals surface area contributed by atoms with Gasteiger partial charge in [0.05, 0.1) is 9.40 Å². The molecule has 0 atom stereocenters. The standard InChI is InChI=1S/C13H9BrFN3O3/c14-11-7-9(4-5-12(11)15)17-13(19)16-8-2-1-3-10(6-8)18(20)21/h1-7H,(H2,16,17,19). The van der Waals surface area contributed by atoms with E-state index in [1.807, 2.05) is 0 Å². The van der Waals surface area contributed by atoms with Crippen LogP contribution in [0.25, 0.3) is 0 Å². The normalized spacial score (nSPS) is 10.0. The summed E-state index contributed by atoms with van der Waals surface area (Å²) in [5.74, 6) is -0.445. The lowest BCUT2D eigenvalue weighted by Crippen LogP contribution is -2.19. The summed E-state index contributed by atoms with van der Waals surface area (Å²) in [7, 11) is 0. The Hall–Kier alpha value is -2.48. The number of halogens is 2. The summed E-state index contributed by atoms with van der Waals surface area (Å²) in [5.41, 5.74) is 0.534. The van der Waals surface area contributed by atoms with E-state index in [-0.39, 0.29) is 15.8 Å². The molecule has 0 aliphatic carbocycles. The summed E-state index contributed by atoms with van der Waals surface area (Å²) in [6, 6.07) is 8.95. The first-order chi connectivity index (χ1) is 9.95. The van der Waals surface area contributed by atoms with E-state index < -0.39 is 16.8 Å². The number of nitro groups is 1. The van der Waals surface area contributed by atoms with Crippen LogP contribution in [0.1, 0.15) is 0 Å². The van der Waals surface area contributed by atoms with E-state index in [4.69, 9.17) is 0 Å². The van der Waals surface area contributed by atoms with Gasteiger partial charge >= 0.3 is 6.03 Å². The van der Waals surface area contributed by atoms with Crippen molar-refractivity contribution in [2.24, 2.45) is 0 Å². The second kappa shape index (κ2) is 6.31. The summed E-state index contributed by atoms with van der Waals surface area (Å²) in [4.78, 5) is 21.8. The van der Waals surface area contributed by atoms with Crippen LogP contribution in [0, 0.1) is 15.9 Å². The number of nitrogens with one attached hydrogen (secondary N) is 2. The zero-order valence-electron chi connectivity index (χ0n) is 10.5. The molecule has 21 heavy (non-hydrogen) atoms. The lowest BCUT2D eigenvalue weighted by molar-refractivity contribution is -0.384. The first-order valence-electron chi connectivity index (χ1n) is 5.73. The maximum Gasteiger partial charge on any atom is 0.323 e. The topological polar surface area (TPSA) is 84.3 Å². The number of hydrogen-bond donors (Lipinski definition) is 2. The van der Waals surface area contributed by atoms with Gasteiger partial charge in [-0.15, -0.1) is 0 Å². The van der Waals surface area contributed by atoms with Gasteiger partial charge in [0.2, 0.25) is 0 Å². The summed E-state index contributed by atoms with van der Waals surface area (Å²) >= 11 is 3.01. The third kappa shape index (κ3) is 3.99. The van der Waals surface area contributed by atoms with Crippen LogP contribution in [0.2, 0.25) is 0 Å². The van der Waals surface area contributed by atoms with Crippen molar-refractivity contribution < 1.29 is 14.1 Å². The summed E-state index contributed by atoms with van der Waals surface area (Å²) in [6.45, 7) is 0. The van der Waals surface area contributed by atoms with Crippen molar-refractivity contribution in [3.05, 3.63) is 62.9 Å². The van der Waals surface area contributed by atoms with Gasteiger partial charge < -0.3 is 10.6 Å². The molecule has 0 unspecified atom stereocenters. The molecule has 6 nitrogen and oxygen atoms in total. The van der Waals surface area contributed by atoms with Crippen molar-refractivity contribution in [3.63, 3.8) is 0 Å². The largest absolute Gasteiger partial charge is 0.323 e. The molecule has 0 heterocycles. The molecule has 0 saturated heterocycles. The van der Waals surface area contributed by atoms with E-state index in [9.17, 15) is 19.3 Å². The van der Waals surface area contributed by atoms with Crippen LogP contribution in [0.4, 0.5) is 26.2 Å². The molecule has 2 aromatic rings. The number of benzene rings is 2. The molecule has 8 heteroatoms. The molecule has 0 aromatic heterocycles. The SMILES string of the molecule is O=C(Nc1cccc([N+](=O)[O-])c1)Nc1ccc(F)c(Br)c1. The Bertz CT molecular complexity index is 709. The van der Waals surface area contributed by atoms with E-state index in [0.717, 1.165) is 0 Å². The number of amides is 2. The summed E-state index contributed by atoms with van der Waals surface area (Å²) < 4.78 is 13.3. The van der Waals surface area contributed by atoms with Gasteiger partial charge in [-0.2, -0.15) is 0 Å². The number of nitrogens with zero attached hydrogens (tertiary/aromatic N) is 1. The molecule has 0 radical (unpaired) electrons.